The molecule has 0 amide bonds. The summed E-state index contributed by atoms with van der Waals surface area (Å²) in [6, 6.07) is 12.6. The van der Waals surface area contributed by atoms with Crippen molar-refractivity contribution in [1.29, 1.82) is 0 Å². The maximum atomic E-state index is 12.5. The number of benzene rings is 2. The second-order valence-corrected chi connectivity index (χ2v) is 4.60. The number of methoxy groups -OCH3 is 2. The number of carbonyl (C=O) groups is 1. The van der Waals surface area contributed by atoms with Crippen LogP contribution in [-0.2, 0) is 0 Å². The average molecular weight is 282 g/mol. The number of ether oxygens (including phenoxy) is 2. The average Bonchev–Trinajstić information content (AvgIpc) is 2.46. The molecule has 1 atom stereocenters. The van der Waals surface area contributed by atoms with Crippen molar-refractivity contribution < 1.29 is 14.3 Å². The summed E-state index contributed by atoms with van der Waals surface area (Å²) in [5.41, 5.74) is 1.18. The predicted octanol–water partition coefficient (Wildman–Crippen LogP) is 1.79. The normalized spacial score (nSPS) is 9.55. The second-order valence-electron chi connectivity index (χ2n) is 3.98. The number of hydrogen-bond acceptors (Lipinski definition) is 3. The molecule has 3 nitrogen and oxygen atoms in total. The summed E-state index contributed by atoms with van der Waals surface area (Å²) in [4.78, 5) is 12.5. The third-order valence-electron chi connectivity index (χ3n) is 2.86. The fourth-order valence-corrected chi connectivity index (χ4v) is 2.17. The van der Waals surface area contributed by atoms with Crippen LogP contribution in [-0.4, -0.2) is 38.9 Å². The van der Waals surface area contributed by atoms with E-state index < -0.39 is 0 Å². The molecular weight excluding hydrogens is 266 g/mol. The zero-order valence-electron chi connectivity index (χ0n) is 10.8. The molecule has 100 valence electrons. The molecular formula is C15H16LiO3P. The Balaban J connectivity index is 0.00000200. The molecule has 0 spiro atoms. The Kier molecular flexibility index (Phi) is 6.30. The monoisotopic (exact) mass is 282 g/mol. The molecule has 0 aromatic heterocycles. The fraction of sp³-hybridized carbons (Fsp3) is 0.133. The number of hydrogen-bond donors (Lipinski definition) is 0. The van der Waals surface area contributed by atoms with Crippen molar-refractivity contribution in [2.75, 3.05) is 14.2 Å². The third kappa shape index (κ3) is 3.44. The van der Waals surface area contributed by atoms with Gasteiger partial charge < -0.3 is 9.47 Å². The van der Waals surface area contributed by atoms with Crippen LogP contribution in [0.5, 0.6) is 11.5 Å². The van der Waals surface area contributed by atoms with Crippen LogP contribution < -0.4 is 14.8 Å². The molecule has 0 aliphatic carbocycles. The molecule has 0 saturated carbocycles. The molecule has 0 heterocycles. The third-order valence-corrected chi connectivity index (χ3v) is 3.36. The van der Waals surface area contributed by atoms with E-state index in [0.717, 1.165) is 5.30 Å². The van der Waals surface area contributed by atoms with Crippen LogP contribution >= 0.6 is 9.24 Å². The van der Waals surface area contributed by atoms with E-state index in [9.17, 15) is 4.79 Å². The minimum absolute atomic E-state index is 0. The Morgan fingerprint density at radius 3 is 2.30 bits per heavy atom. The first kappa shape index (κ1) is 16.8. The van der Waals surface area contributed by atoms with E-state index in [1.807, 2.05) is 18.2 Å². The molecule has 2 aromatic carbocycles. The summed E-state index contributed by atoms with van der Waals surface area (Å²) in [7, 11) is 5.69. The van der Waals surface area contributed by atoms with Crippen molar-refractivity contribution in [3.8, 4) is 11.5 Å². The van der Waals surface area contributed by atoms with Gasteiger partial charge in [-0.2, -0.15) is 0 Å². The molecule has 0 fully saturated rings. The molecule has 0 aliphatic heterocycles. The van der Waals surface area contributed by atoms with Crippen LogP contribution in [0.25, 0.3) is 0 Å². The Labute approximate surface area is 133 Å². The van der Waals surface area contributed by atoms with Crippen LogP contribution in [0, 0.1) is 0 Å². The first-order chi connectivity index (χ1) is 9.17. The van der Waals surface area contributed by atoms with Crippen LogP contribution in [0.2, 0.25) is 0 Å². The van der Waals surface area contributed by atoms with Crippen molar-refractivity contribution in [2.45, 2.75) is 0 Å². The van der Waals surface area contributed by atoms with Crippen LogP contribution in [0.15, 0.2) is 42.5 Å². The van der Waals surface area contributed by atoms with Gasteiger partial charge in [-0.05, 0) is 17.4 Å². The van der Waals surface area contributed by atoms with Crippen molar-refractivity contribution >= 4 is 39.2 Å². The van der Waals surface area contributed by atoms with Crippen molar-refractivity contribution in [2.24, 2.45) is 0 Å². The van der Waals surface area contributed by atoms with E-state index in [2.05, 4.69) is 9.24 Å². The van der Waals surface area contributed by atoms with Crippen molar-refractivity contribution in [3.63, 3.8) is 0 Å². The van der Waals surface area contributed by atoms with Crippen LogP contribution in [0.4, 0.5) is 0 Å². The Morgan fingerprint density at radius 1 is 1.00 bits per heavy atom. The molecule has 2 rings (SSSR count). The van der Waals surface area contributed by atoms with Crippen LogP contribution in [0.1, 0.15) is 15.9 Å². The van der Waals surface area contributed by atoms with Gasteiger partial charge in [-0.1, -0.05) is 24.3 Å². The van der Waals surface area contributed by atoms with E-state index in [0.29, 0.717) is 22.6 Å². The minimum atomic E-state index is -0.0647. The first-order valence-electron chi connectivity index (χ1n) is 5.78. The van der Waals surface area contributed by atoms with E-state index >= 15 is 0 Å². The summed E-state index contributed by atoms with van der Waals surface area (Å²) in [6.07, 6.45) is 0. The Bertz CT molecular complexity index is 614. The number of rotatable bonds is 4. The molecule has 20 heavy (non-hydrogen) atoms. The number of ketones is 1. The first-order valence-corrected chi connectivity index (χ1v) is 6.36. The molecule has 5 heteroatoms. The van der Waals surface area contributed by atoms with E-state index in [-0.39, 0.29) is 24.6 Å². The van der Waals surface area contributed by atoms with Gasteiger partial charge in [0.05, 0.1) is 19.8 Å². The van der Waals surface area contributed by atoms with Crippen molar-refractivity contribution in [3.05, 3.63) is 53.6 Å². The molecule has 0 saturated heterocycles. The second kappa shape index (κ2) is 7.50. The quantitative estimate of drug-likeness (QED) is 0.487. The summed E-state index contributed by atoms with van der Waals surface area (Å²) in [5.74, 6) is 1.11. The van der Waals surface area contributed by atoms with Gasteiger partial charge in [-0.25, -0.2) is 0 Å². The molecule has 2 aromatic rings. The molecule has 0 aliphatic rings. The summed E-state index contributed by atoms with van der Waals surface area (Å²) in [6.45, 7) is 0. The van der Waals surface area contributed by atoms with Gasteiger partial charge in [-0.3, -0.25) is 4.79 Å². The zero-order chi connectivity index (χ0) is 13.8. The Hall–Kier alpha value is -1.26. The molecule has 1 unspecified atom stereocenters. The predicted molar refractivity (Wildman–Crippen MR) is 85.9 cm³/mol. The summed E-state index contributed by atoms with van der Waals surface area (Å²) < 4.78 is 10.4. The van der Waals surface area contributed by atoms with Gasteiger partial charge in [-0.15, -0.1) is 9.24 Å². The van der Waals surface area contributed by atoms with Crippen molar-refractivity contribution in [1.82, 2.24) is 0 Å². The standard InChI is InChI=1S/C15H15O3P.Li.H/c1-17-10-7-8-11(13(9-10)18-2)15(16)12-5-3-4-6-14(12)19;;/h3-9H,19H2,1-2H3;;. The topological polar surface area (TPSA) is 35.5 Å². The maximum absolute atomic E-state index is 12.5. The van der Waals surface area contributed by atoms with Crippen LogP contribution in [0.3, 0.4) is 0 Å². The molecule has 0 bridgehead atoms. The van der Waals surface area contributed by atoms with Gasteiger partial charge in [0, 0.05) is 11.6 Å². The van der Waals surface area contributed by atoms with Gasteiger partial charge in [0.15, 0.2) is 5.78 Å². The van der Waals surface area contributed by atoms with Gasteiger partial charge in [0.25, 0.3) is 0 Å². The van der Waals surface area contributed by atoms with Gasteiger partial charge >= 0.3 is 18.9 Å². The van der Waals surface area contributed by atoms with E-state index in [4.69, 9.17) is 9.47 Å². The summed E-state index contributed by atoms with van der Waals surface area (Å²) in [5, 5.41) is 0.866. The SMILES string of the molecule is COc1ccc(C(=O)c2ccccc2P)c(OC)c1.[LiH]. The molecule has 0 N–H and O–H groups in total. The van der Waals surface area contributed by atoms with E-state index in [1.165, 1.54) is 7.11 Å². The van der Waals surface area contributed by atoms with Gasteiger partial charge in [0.1, 0.15) is 11.5 Å². The summed E-state index contributed by atoms with van der Waals surface area (Å²) >= 11 is 0. The van der Waals surface area contributed by atoms with Gasteiger partial charge in [0.2, 0.25) is 0 Å². The fourth-order valence-electron chi connectivity index (χ4n) is 1.83. The number of carbonyl (C=O) groups excluding carboxylic acids is 1. The zero-order valence-corrected chi connectivity index (χ0v) is 12.0. The van der Waals surface area contributed by atoms with E-state index in [1.54, 1.807) is 31.4 Å². The Morgan fingerprint density at radius 2 is 1.70 bits per heavy atom. The molecule has 0 radical (unpaired) electrons.